The van der Waals surface area contributed by atoms with Crippen molar-refractivity contribution in [3.05, 3.63) is 21.9 Å². The van der Waals surface area contributed by atoms with E-state index in [0.29, 0.717) is 32.6 Å². The van der Waals surface area contributed by atoms with Crippen LogP contribution in [0, 0.1) is 6.92 Å². The van der Waals surface area contributed by atoms with E-state index in [1.807, 2.05) is 0 Å². The van der Waals surface area contributed by atoms with Crippen LogP contribution in [-0.2, 0) is 4.74 Å². The van der Waals surface area contributed by atoms with Gasteiger partial charge in [0.05, 0.1) is 11.6 Å². The molecule has 0 radical (unpaired) electrons. The van der Waals surface area contributed by atoms with E-state index in [9.17, 15) is 5.11 Å². The van der Waals surface area contributed by atoms with Crippen LogP contribution in [0.1, 0.15) is 42.0 Å². The number of thiophene rings is 1. The van der Waals surface area contributed by atoms with E-state index < -0.39 is 5.60 Å². The average Bonchev–Trinajstić information content (AvgIpc) is 2.85. The van der Waals surface area contributed by atoms with Gasteiger partial charge in [0.15, 0.2) is 0 Å². The molecule has 3 N–H and O–H groups in total. The number of likely N-dealkylation sites (N-methyl/N-ethyl adjacent to an activating group) is 1. The van der Waals surface area contributed by atoms with Gasteiger partial charge in [-0.1, -0.05) is 6.92 Å². The second-order valence-corrected chi connectivity index (χ2v) is 7.54. The van der Waals surface area contributed by atoms with Crippen molar-refractivity contribution in [3.8, 4) is 0 Å². The first-order valence-electron chi connectivity index (χ1n) is 7.77. The standard InChI is InChI=1S/C16H28N2O2S/c1-4-13(17)15(14-6-5-12(2)21-14)18(3)11-16(19)7-9-20-10-8-16/h5-6,13,15,19H,4,7-11,17H2,1-3H3. The van der Waals surface area contributed by atoms with Crippen LogP contribution in [-0.4, -0.2) is 48.5 Å². The van der Waals surface area contributed by atoms with Gasteiger partial charge in [-0.15, -0.1) is 11.3 Å². The number of ether oxygens (including phenoxy) is 1. The summed E-state index contributed by atoms with van der Waals surface area (Å²) in [6.07, 6.45) is 2.33. The zero-order valence-corrected chi connectivity index (χ0v) is 14.2. The highest BCUT2D eigenvalue weighted by atomic mass is 32.1. The van der Waals surface area contributed by atoms with Gasteiger partial charge in [0.25, 0.3) is 0 Å². The molecular formula is C16H28N2O2S. The molecule has 0 spiro atoms. The lowest BCUT2D eigenvalue weighted by molar-refractivity contribution is -0.0825. The largest absolute Gasteiger partial charge is 0.388 e. The molecule has 2 heterocycles. The molecule has 0 aromatic carbocycles. The Labute approximate surface area is 131 Å². The molecule has 2 unspecified atom stereocenters. The number of nitrogens with two attached hydrogens (primary N) is 1. The van der Waals surface area contributed by atoms with Crippen molar-refractivity contribution in [1.29, 1.82) is 0 Å². The fourth-order valence-electron chi connectivity index (χ4n) is 3.06. The van der Waals surface area contributed by atoms with Crippen molar-refractivity contribution in [1.82, 2.24) is 4.90 Å². The Hall–Kier alpha value is -0.460. The number of nitrogens with zero attached hydrogens (tertiary/aromatic N) is 1. The highest BCUT2D eigenvalue weighted by molar-refractivity contribution is 7.12. The topological polar surface area (TPSA) is 58.7 Å². The third kappa shape index (κ3) is 4.27. The highest BCUT2D eigenvalue weighted by Gasteiger charge is 2.34. The summed E-state index contributed by atoms with van der Waals surface area (Å²) < 4.78 is 5.36. The maximum Gasteiger partial charge on any atom is 0.0818 e. The van der Waals surface area contributed by atoms with Crippen molar-refractivity contribution in [2.75, 3.05) is 26.8 Å². The maximum atomic E-state index is 10.7. The highest BCUT2D eigenvalue weighted by Crippen LogP contribution is 2.32. The fourth-order valence-corrected chi connectivity index (χ4v) is 4.18. The van der Waals surface area contributed by atoms with Gasteiger partial charge in [0, 0.05) is 48.4 Å². The van der Waals surface area contributed by atoms with Crippen molar-refractivity contribution < 1.29 is 9.84 Å². The predicted octanol–water partition coefficient (Wildman–Crippen LogP) is 2.31. The first kappa shape index (κ1) is 16.9. The molecule has 1 aliphatic heterocycles. The van der Waals surface area contributed by atoms with Crippen LogP contribution in [0.3, 0.4) is 0 Å². The summed E-state index contributed by atoms with van der Waals surface area (Å²) >= 11 is 1.80. The number of hydrogen-bond donors (Lipinski definition) is 2. The third-order valence-electron chi connectivity index (χ3n) is 4.37. The van der Waals surface area contributed by atoms with Gasteiger partial charge in [-0.3, -0.25) is 4.90 Å². The molecule has 0 bridgehead atoms. The minimum absolute atomic E-state index is 0.0801. The molecule has 0 saturated carbocycles. The molecule has 2 rings (SSSR count). The summed E-state index contributed by atoms with van der Waals surface area (Å²) in [6, 6.07) is 4.56. The van der Waals surface area contributed by atoms with Gasteiger partial charge in [-0.05, 0) is 32.5 Å². The first-order valence-corrected chi connectivity index (χ1v) is 8.59. The van der Waals surface area contributed by atoms with E-state index in [-0.39, 0.29) is 12.1 Å². The molecule has 1 aromatic heterocycles. The lowest BCUT2D eigenvalue weighted by Gasteiger charge is -2.39. The Morgan fingerprint density at radius 3 is 2.62 bits per heavy atom. The van der Waals surface area contributed by atoms with Gasteiger partial charge in [-0.25, -0.2) is 0 Å². The Bertz CT molecular complexity index is 443. The van der Waals surface area contributed by atoms with Crippen LogP contribution in [0.2, 0.25) is 0 Å². The molecule has 1 fully saturated rings. The van der Waals surface area contributed by atoms with Crippen LogP contribution in [0.15, 0.2) is 12.1 Å². The van der Waals surface area contributed by atoms with Gasteiger partial charge < -0.3 is 15.6 Å². The number of hydrogen-bond acceptors (Lipinski definition) is 5. The summed E-state index contributed by atoms with van der Waals surface area (Å²) in [7, 11) is 2.07. The SMILES string of the molecule is CCC(N)C(c1ccc(C)s1)N(C)CC1(O)CCOCC1. The third-order valence-corrected chi connectivity index (χ3v) is 5.44. The molecule has 120 valence electrons. The number of aryl methyl sites for hydroxylation is 1. The van der Waals surface area contributed by atoms with Crippen LogP contribution in [0.4, 0.5) is 0 Å². The molecule has 1 aliphatic rings. The van der Waals surface area contributed by atoms with E-state index >= 15 is 0 Å². The van der Waals surface area contributed by atoms with Crippen molar-refractivity contribution in [3.63, 3.8) is 0 Å². The Morgan fingerprint density at radius 2 is 2.10 bits per heavy atom. The molecule has 5 heteroatoms. The zero-order valence-electron chi connectivity index (χ0n) is 13.3. The quantitative estimate of drug-likeness (QED) is 0.846. The second kappa shape index (κ2) is 7.20. The number of aliphatic hydroxyl groups is 1. The monoisotopic (exact) mass is 312 g/mol. The molecular weight excluding hydrogens is 284 g/mol. The van der Waals surface area contributed by atoms with Gasteiger partial charge in [0.1, 0.15) is 0 Å². The Balaban J connectivity index is 2.12. The Kier molecular flexibility index (Phi) is 5.80. The minimum Gasteiger partial charge on any atom is -0.388 e. The molecule has 1 aromatic rings. The van der Waals surface area contributed by atoms with Crippen LogP contribution < -0.4 is 5.73 Å². The van der Waals surface area contributed by atoms with Crippen LogP contribution in [0.5, 0.6) is 0 Å². The Morgan fingerprint density at radius 1 is 1.43 bits per heavy atom. The second-order valence-electron chi connectivity index (χ2n) is 6.22. The molecule has 4 nitrogen and oxygen atoms in total. The minimum atomic E-state index is -0.648. The lowest BCUT2D eigenvalue weighted by Crippen LogP contribution is -2.49. The number of rotatable bonds is 6. The smallest absolute Gasteiger partial charge is 0.0818 e. The van der Waals surface area contributed by atoms with Crippen molar-refractivity contribution >= 4 is 11.3 Å². The summed E-state index contributed by atoms with van der Waals surface area (Å²) in [5, 5.41) is 10.7. The van der Waals surface area contributed by atoms with Crippen molar-refractivity contribution in [2.24, 2.45) is 5.73 Å². The molecule has 0 amide bonds. The van der Waals surface area contributed by atoms with E-state index in [0.717, 1.165) is 6.42 Å². The lowest BCUT2D eigenvalue weighted by atomic mass is 9.92. The fraction of sp³-hybridized carbons (Fsp3) is 0.750. The summed E-state index contributed by atoms with van der Waals surface area (Å²) in [5.74, 6) is 0. The van der Waals surface area contributed by atoms with Gasteiger partial charge in [0.2, 0.25) is 0 Å². The summed E-state index contributed by atoms with van der Waals surface area (Å²) in [6.45, 7) is 6.18. The normalized spacial score (nSPS) is 21.4. The molecule has 21 heavy (non-hydrogen) atoms. The molecule has 0 aliphatic carbocycles. The van der Waals surface area contributed by atoms with Gasteiger partial charge in [-0.2, -0.15) is 0 Å². The first-order chi connectivity index (χ1) is 9.95. The van der Waals surface area contributed by atoms with E-state index in [1.54, 1.807) is 11.3 Å². The summed E-state index contributed by atoms with van der Waals surface area (Å²) in [5.41, 5.74) is 5.72. The van der Waals surface area contributed by atoms with E-state index in [4.69, 9.17) is 10.5 Å². The van der Waals surface area contributed by atoms with Gasteiger partial charge >= 0.3 is 0 Å². The summed E-state index contributed by atoms with van der Waals surface area (Å²) in [4.78, 5) is 4.82. The predicted molar refractivity (Wildman–Crippen MR) is 87.7 cm³/mol. The zero-order chi connectivity index (χ0) is 15.5. The van der Waals surface area contributed by atoms with E-state index in [2.05, 4.69) is 37.9 Å². The van der Waals surface area contributed by atoms with Crippen LogP contribution in [0.25, 0.3) is 0 Å². The molecule has 2 atom stereocenters. The molecule has 1 saturated heterocycles. The average molecular weight is 312 g/mol. The van der Waals surface area contributed by atoms with Crippen LogP contribution >= 0.6 is 11.3 Å². The van der Waals surface area contributed by atoms with Crippen molar-refractivity contribution in [2.45, 2.75) is 50.8 Å². The maximum absolute atomic E-state index is 10.7. The van der Waals surface area contributed by atoms with E-state index in [1.165, 1.54) is 9.75 Å².